The lowest BCUT2D eigenvalue weighted by Crippen LogP contribution is -2.41. The molecule has 0 fully saturated rings. The molecule has 0 aliphatic heterocycles. The first-order valence-electron chi connectivity index (χ1n) is 23.6. The van der Waals surface area contributed by atoms with Crippen molar-refractivity contribution in [1.29, 1.82) is 0 Å². The van der Waals surface area contributed by atoms with Gasteiger partial charge in [0.2, 0.25) is 5.91 Å². The molecule has 5 N–H and O–H groups in total. The second-order valence-corrected chi connectivity index (χ2v) is 19.6. The summed E-state index contributed by atoms with van der Waals surface area (Å²) in [6, 6.07) is 31.8. The highest BCUT2D eigenvalue weighted by molar-refractivity contribution is 7.16. The number of nitrogens with two attached hydrogens (primary N) is 1. The van der Waals surface area contributed by atoms with Crippen LogP contribution in [0.1, 0.15) is 58.5 Å². The number of aryl methyl sites for hydroxylation is 2. The zero-order valence-electron chi connectivity index (χ0n) is 43.1. The van der Waals surface area contributed by atoms with Crippen LogP contribution in [0.15, 0.2) is 97.1 Å². The van der Waals surface area contributed by atoms with Gasteiger partial charge in [0, 0.05) is 63.1 Å². The predicted molar refractivity (Wildman–Crippen MR) is 292 cm³/mol. The lowest BCUT2D eigenvalue weighted by Gasteiger charge is -2.18. The molecule has 0 saturated heterocycles. The molecule has 0 aliphatic rings. The maximum atomic E-state index is 12.3. The van der Waals surface area contributed by atoms with E-state index >= 15 is 0 Å². The number of benzene rings is 4. The number of rotatable bonds is 19. The van der Waals surface area contributed by atoms with Crippen LogP contribution in [0.2, 0.25) is 0 Å². The number of aromatic nitrogens is 4. The maximum absolute atomic E-state index is 12.3. The zero-order valence-corrected chi connectivity index (χ0v) is 44.7. The molecule has 0 radical (unpaired) electrons. The van der Waals surface area contributed by atoms with Gasteiger partial charge in [-0.15, -0.1) is 22.7 Å². The van der Waals surface area contributed by atoms with Crippen LogP contribution in [-0.2, 0) is 27.3 Å². The Morgan fingerprint density at radius 3 is 1.51 bits per heavy atom. The minimum Gasteiger partial charge on any atom is -0.493 e. The Kier molecular flexibility index (Phi) is 17.8. The van der Waals surface area contributed by atoms with E-state index in [-0.39, 0.29) is 30.5 Å². The van der Waals surface area contributed by atoms with E-state index in [4.69, 9.17) is 29.4 Å². The lowest BCUT2D eigenvalue weighted by atomic mass is 9.99. The first-order valence-corrected chi connectivity index (χ1v) is 25.2. The van der Waals surface area contributed by atoms with Crippen molar-refractivity contribution < 1.29 is 33.3 Å². The van der Waals surface area contributed by atoms with E-state index in [0.29, 0.717) is 47.6 Å². The molecule has 4 heterocycles. The standard InChI is InChI=1S/C28H33N5O3S.C27H30N4O4S/c1-16(30-27-20-14-23(35-5)24(36-6)15-22(20)31-17(2)32-27)25-11-12-26(37-25)19-10-8-7-9-18(19)13-21(29)28(34)33(3)4;1-16(29-27-20-12-22(33-3)23(34-4)13-21(20)30-17(2)31-27)24-10-11-25(36-24)19-9-7-6-8-18(19)14-28-15-26(32)35-5/h7-12,14-16,21H,13,29H2,1-6H3,(H,30,31,32);6-13,16,28H,14-15H2,1-5H3,(H,29,30,31). The lowest BCUT2D eigenvalue weighted by molar-refractivity contribution is -0.139. The minimum absolute atomic E-state index is 0.00548. The average Bonchev–Trinajstić information content (AvgIpc) is 4.10. The minimum atomic E-state index is -0.582. The summed E-state index contributed by atoms with van der Waals surface area (Å²) in [5, 5.41) is 12.0. The molecule has 0 saturated carbocycles. The SMILES string of the molecule is COC(=O)CNCc1ccccc1-c1ccc(C(C)Nc2nc(C)nc3cc(OC)c(OC)cc23)s1.COc1cc2nc(C)nc(NC(C)c3ccc(-c4ccccc4CC(N)C(=O)N(C)C)s3)c2cc1OC. The van der Waals surface area contributed by atoms with E-state index in [1.54, 1.807) is 65.2 Å². The van der Waals surface area contributed by atoms with Crippen LogP contribution in [0, 0.1) is 13.8 Å². The van der Waals surface area contributed by atoms with Crippen molar-refractivity contribution in [3.05, 3.63) is 130 Å². The van der Waals surface area contributed by atoms with Gasteiger partial charge in [-0.3, -0.25) is 9.59 Å². The van der Waals surface area contributed by atoms with Crippen LogP contribution in [-0.4, -0.2) is 98.9 Å². The number of fused-ring (bicyclic) bond motifs is 2. The van der Waals surface area contributed by atoms with E-state index in [1.807, 2.05) is 68.4 Å². The Bertz CT molecular complexity index is 3210. The first-order chi connectivity index (χ1) is 35.1. The second-order valence-electron chi connectivity index (χ2n) is 17.4. The normalized spacial score (nSPS) is 12.3. The zero-order chi connectivity index (χ0) is 52.3. The van der Waals surface area contributed by atoms with Gasteiger partial charge >= 0.3 is 5.97 Å². The van der Waals surface area contributed by atoms with Gasteiger partial charge in [-0.2, -0.15) is 0 Å². The van der Waals surface area contributed by atoms with E-state index in [2.05, 4.69) is 92.2 Å². The summed E-state index contributed by atoms with van der Waals surface area (Å²) in [7, 11) is 11.3. The van der Waals surface area contributed by atoms with Gasteiger partial charge in [0.1, 0.15) is 23.3 Å². The number of likely N-dealkylation sites (N-methyl/N-ethyl adjacent to an activating group) is 1. The number of methoxy groups -OCH3 is 5. The Morgan fingerprint density at radius 2 is 1.05 bits per heavy atom. The van der Waals surface area contributed by atoms with E-state index < -0.39 is 6.04 Å². The third kappa shape index (κ3) is 12.8. The summed E-state index contributed by atoms with van der Waals surface area (Å²) in [4.78, 5) is 48.4. The fraction of sp³-hybridized carbons (Fsp3) is 0.309. The van der Waals surface area contributed by atoms with Crippen molar-refractivity contribution in [2.75, 3.05) is 66.8 Å². The molecule has 3 atom stereocenters. The summed E-state index contributed by atoms with van der Waals surface area (Å²) >= 11 is 3.43. The van der Waals surface area contributed by atoms with Crippen molar-refractivity contribution in [2.24, 2.45) is 5.73 Å². The molecule has 18 heteroatoms. The number of amides is 1. The smallest absolute Gasteiger partial charge is 0.319 e. The largest absolute Gasteiger partial charge is 0.493 e. The monoisotopic (exact) mass is 1030 g/mol. The number of hydrogen-bond acceptors (Lipinski definition) is 17. The van der Waals surface area contributed by atoms with Crippen molar-refractivity contribution in [3.63, 3.8) is 0 Å². The molecule has 8 rings (SSSR count). The molecule has 3 unspecified atom stereocenters. The number of thiophene rings is 2. The number of carbonyl (C=O) groups is 2. The van der Waals surface area contributed by atoms with Crippen LogP contribution >= 0.6 is 22.7 Å². The summed E-state index contributed by atoms with van der Waals surface area (Å²) in [6.45, 7) is 8.72. The molecule has 73 heavy (non-hydrogen) atoms. The molecule has 4 aromatic carbocycles. The van der Waals surface area contributed by atoms with Crippen molar-refractivity contribution in [3.8, 4) is 43.9 Å². The molecule has 0 spiro atoms. The van der Waals surface area contributed by atoms with Crippen LogP contribution in [0.5, 0.6) is 23.0 Å². The Hall–Kier alpha value is -7.38. The summed E-state index contributed by atoms with van der Waals surface area (Å²) in [6.07, 6.45) is 0.478. The molecule has 8 aromatic rings. The van der Waals surface area contributed by atoms with Gasteiger partial charge in [-0.1, -0.05) is 48.5 Å². The number of hydrogen-bond donors (Lipinski definition) is 4. The Labute approximate surface area is 434 Å². The Morgan fingerprint density at radius 1 is 0.616 bits per heavy atom. The van der Waals surface area contributed by atoms with Gasteiger partial charge in [0.25, 0.3) is 0 Å². The predicted octanol–water partition coefficient (Wildman–Crippen LogP) is 9.93. The molecule has 382 valence electrons. The van der Waals surface area contributed by atoms with Crippen molar-refractivity contribution >= 4 is 68.0 Å². The third-order valence-electron chi connectivity index (χ3n) is 12.0. The maximum Gasteiger partial charge on any atom is 0.319 e. The molecule has 16 nitrogen and oxygen atoms in total. The van der Waals surface area contributed by atoms with Gasteiger partial charge < -0.3 is 50.3 Å². The van der Waals surface area contributed by atoms with Gasteiger partial charge in [0.15, 0.2) is 23.0 Å². The van der Waals surface area contributed by atoms with Crippen LogP contribution in [0.4, 0.5) is 11.6 Å². The highest BCUT2D eigenvalue weighted by Crippen LogP contribution is 2.40. The fourth-order valence-electron chi connectivity index (χ4n) is 8.26. The van der Waals surface area contributed by atoms with Crippen molar-refractivity contribution in [2.45, 2.75) is 58.8 Å². The number of anilines is 2. The van der Waals surface area contributed by atoms with E-state index in [1.165, 1.54) is 16.9 Å². The number of carbonyl (C=O) groups excluding carboxylic acids is 2. The number of ether oxygens (including phenoxy) is 5. The van der Waals surface area contributed by atoms with Gasteiger partial charge in [-0.05, 0) is 92.8 Å². The second kappa shape index (κ2) is 24.4. The Balaban J connectivity index is 0.000000214. The summed E-state index contributed by atoms with van der Waals surface area (Å²) < 4.78 is 26.6. The molecular formula is C55H63N9O7S2. The number of nitrogens with one attached hydrogen (secondary N) is 3. The molecular weight excluding hydrogens is 963 g/mol. The summed E-state index contributed by atoms with van der Waals surface area (Å²) in [5.41, 5.74) is 12.2. The topological polar surface area (TPSA) is 197 Å². The quantitative estimate of drug-likeness (QED) is 0.0558. The molecule has 0 bridgehead atoms. The van der Waals surface area contributed by atoms with Crippen LogP contribution in [0.3, 0.4) is 0 Å². The van der Waals surface area contributed by atoms with Crippen molar-refractivity contribution in [1.82, 2.24) is 30.2 Å². The molecule has 0 aliphatic carbocycles. The molecule has 1 amide bonds. The first kappa shape index (κ1) is 53.4. The average molecular weight is 1030 g/mol. The van der Waals surface area contributed by atoms with E-state index in [0.717, 1.165) is 70.3 Å². The van der Waals surface area contributed by atoms with Gasteiger partial charge in [0.05, 0.1) is 71.3 Å². The third-order valence-corrected chi connectivity index (χ3v) is 14.6. The highest BCUT2D eigenvalue weighted by atomic mass is 32.1. The number of esters is 1. The fourth-order valence-corrected chi connectivity index (χ4v) is 10.4. The van der Waals surface area contributed by atoms with E-state index in [9.17, 15) is 9.59 Å². The molecule has 4 aromatic heterocycles. The van der Waals surface area contributed by atoms with Crippen LogP contribution in [0.25, 0.3) is 42.7 Å². The highest BCUT2D eigenvalue weighted by Gasteiger charge is 2.21. The van der Waals surface area contributed by atoms with Crippen LogP contribution < -0.4 is 40.6 Å². The summed E-state index contributed by atoms with van der Waals surface area (Å²) in [5.74, 6) is 4.96. The van der Waals surface area contributed by atoms with Gasteiger partial charge in [-0.25, -0.2) is 19.9 Å². The number of nitrogens with zero attached hydrogens (tertiary/aromatic N) is 5.